The van der Waals surface area contributed by atoms with E-state index in [1.54, 1.807) is 0 Å². The number of benzene rings is 2. The third kappa shape index (κ3) is 3.62. The Bertz CT molecular complexity index is 689. The van der Waals surface area contributed by atoms with Gasteiger partial charge in [-0.1, -0.05) is 48.9 Å². The summed E-state index contributed by atoms with van der Waals surface area (Å²) in [7, 11) is 0. The van der Waals surface area contributed by atoms with Crippen molar-refractivity contribution in [2.45, 2.75) is 19.4 Å². The maximum absolute atomic E-state index is 12.3. The molecule has 0 bridgehead atoms. The largest absolute Gasteiger partial charge is 0.345 e. The van der Waals surface area contributed by atoms with E-state index in [2.05, 4.69) is 5.32 Å². The van der Waals surface area contributed by atoms with Gasteiger partial charge in [-0.15, -0.1) is 0 Å². The zero-order valence-electron chi connectivity index (χ0n) is 12.0. The monoisotopic (exact) mass is 318 g/mol. The minimum atomic E-state index is -0.549. The Kier molecular flexibility index (Phi) is 5.12. The van der Waals surface area contributed by atoms with E-state index in [-0.39, 0.29) is 28.2 Å². The van der Waals surface area contributed by atoms with Crippen molar-refractivity contribution in [1.29, 1.82) is 0 Å². The highest BCUT2D eigenvalue weighted by Gasteiger charge is 2.18. The quantitative estimate of drug-likeness (QED) is 0.665. The van der Waals surface area contributed by atoms with E-state index in [1.165, 1.54) is 18.2 Å². The number of carbonyl (C=O) groups is 1. The minimum absolute atomic E-state index is 0.0645. The Morgan fingerprint density at radius 3 is 2.50 bits per heavy atom. The van der Waals surface area contributed by atoms with Crippen LogP contribution in [-0.2, 0) is 0 Å². The van der Waals surface area contributed by atoms with Crippen LogP contribution >= 0.6 is 11.6 Å². The molecule has 0 aliphatic rings. The molecule has 2 rings (SSSR count). The standard InChI is InChI=1S/C16H15ClN2O3/c1-2-15(11-6-4-3-5-7-11)18-16(20)13-9-8-12(19(21)22)10-14(13)17/h3-10,15H,2H2,1H3,(H,18,20). The van der Waals surface area contributed by atoms with Gasteiger partial charge < -0.3 is 5.32 Å². The predicted octanol–water partition coefficient (Wildman–Crippen LogP) is 4.13. The van der Waals surface area contributed by atoms with Crippen LogP contribution in [0.3, 0.4) is 0 Å². The Morgan fingerprint density at radius 2 is 1.95 bits per heavy atom. The highest BCUT2D eigenvalue weighted by atomic mass is 35.5. The fourth-order valence-electron chi connectivity index (χ4n) is 2.14. The van der Waals surface area contributed by atoms with Crippen molar-refractivity contribution in [2.75, 3.05) is 0 Å². The summed E-state index contributed by atoms with van der Waals surface area (Å²) in [5.74, 6) is -0.351. The number of rotatable bonds is 5. The lowest BCUT2D eigenvalue weighted by Gasteiger charge is -2.17. The second kappa shape index (κ2) is 7.04. The molecule has 1 N–H and O–H groups in total. The van der Waals surface area contributed by atoms with Crippen molar-refractivity contribution in [3.8, 4) is 0 Å². The molecule has 0 saturated carbocycles. The first-order valence-corrected chi connectivity index (χ1v) is 7.20. The Hall–Kier alpha value is -2.40. The van der Waals surface area contributed by atoms with Crippen LogP contribution < -0.4 is 5.32 Å². The van der Waals surface area contributed by atoms with E-state index in [4.69, 9.17) is 11.6 Å². The molecule has 0 aromatic heterocycles. The van der Waals surface area contributed by atoms with E-state index in [9.17, 15) is 14.9 Å². The van der Waals surface area contributed by atoms with Crippen LogP contribution in [0.1, 0.15) is 35.3 Å². The molecule has 0 heterocycles. The lowest BCUT2D eigenvalue weighted by Crippen LogP contribution is -2.28. The molecule has 2 aromatic rings. The fourth-order valence-corrected chi connectivity index (χ4v) is 2.40. The van der Waals surface area contributed by atoms with E-state index in [1.807, 2.05) is 37.3 Å². The van der Waals surface area contributed by atoms with Crippen molar-refractivity contribution in [3.63, 3.8) is 0 Å². The predicted molar refractivity (Wildman–Crippen MR) is 85.0 cm³/mol. The zero-order valence-corrected chi connectivity index (χ0v) is 12.7. The first-order valence-electron chi connectivity index (χ1n) is 6.82. The summed E-state index contributed by atoms with van der Waals surface area (Å²) >= 11 is 5.98. The molecular weight excluding hydrogens is 304 g/mol. The van der Waals surface area contributed by atoms with Gasteiger partial charge in [0.1, 0.15) is 0 Å². The average molecular weight is 319 g/mol. The van der Waals surface area contributed by atoms with Gasteiger partial charge in [0.2, 0.25) is 0 Å². The number of nitrogens with zero attached hydrogens (tertiary/aromatic N) is 1. The number of nitrogens with one attached hydrogen (secondary N) is 1. The number of halogens is 1. The SMILES string of the molecule is CCC(NC(=O)c1ccc([N+](=O)[O-])cc1Cl)c1ccccc1. The molecule has 5 nitrogen and oxygen atoms in total. The number of carbonyl (C=O) groups excluding carboxylic acids is 1. The summed E-state index contributed by atoms with van der Waals surface area (Å²) in [6.07, 6.45) is 0.723. The van der Waals surface area contributed by atoms with Crippen LogP contribution in [0, 0.1) is 10.1 Å². The number of non-ortho nitro benzene ring substituents is 1. The molecule has 114 valence electrons. The number of amides is 1. The number of nitro groups is 1. The van der Waals surface area contributed by atoms with Crippen LogP contribution in [-0.4, -0.2) is 10.8 Å². The van der Waals surface area contributed by atoms with Gasteiger partial charge in [0.05, 0.1) is 21.6 Å². The van der Waals surface area contributed by atoms with E-state index >= 15 is 0 Å². The van der Waals surface area contributed by atoms with Gasteiger partial charge in [-0.25, -0.2) is 0 Å². The van der Waals surface area contributed by atoms with Crippen LogP contribution in [0.4, 0.5) is 5.69 Å². The fraction of sp³-hybridized carbons (Fsp3) is 0.188. The highest BCUT2D eigenvalue weighted by molar-refractivity contribution is 6.34. The minimum Gasteiger partial charge on any atom is -0.345 e. The lowest BCUT2D eigenvalue weighted by molar-refractivity contribution is -0.384. The lowest BCUT2D eigenvalue weighted by atomic mass is 10.0. The smallest absolute Gasteiger partial charge is 0.270 e. The summed E-state index contributed by atoms with van der Waals surface area (Å²) in [5, 5.41) is 13.6. The topological polar surface area (TPSA) is 72.2 Å². The van der Waals surface area contributed by atoms with Crippen LogP contribution in [0.5, 0.6) is 0 Å². The van der Waals surface area contributed by atoms with Gasteiger partial charge in [-0.2, -0.15) is 0 Å². The van der Waals surface area contributed by atoms with E-state index in [0.29, 0.717) is 0 Å². The molecule has 2 aromatic carbocycles. The van der Waals surface area contributed by atoms with Gasteiger partial charge >= 0.3 is 0 Å². The van der Waals surface area contributed by atoms with Gasteiger partial charge in [0.25, 0.3) is 11.6 Å². The Morgan fingerprint density at radius 1 is 1.27 bits per heavy atom. The second-order valence-electron chi connectivity index (χ2n) is 4.77. The maximum atomic E-state index is 12.3. The maximum Gasteiger partial charge on any atom is 0.270 e. The molecule has 1 atom stereocenters. The van der Waals surface area contributed by atoms with Crippen molar-refractivity contribution in [3.05, 3.63) is 74.8 Å². The van der Waals surface area contributed by atoms with Crippen molar-refractivity contribution < 1.29 is 9.72 Å². The molecule has 1 unspecified atom stereocenters. The summed E-state index contributed by atoms with van der Waals surface area (Å²) < 4.78 is 0. The van der Waals surface area contributed by atoms with Crippen LogP contribution in [0.2, 0.25) is 5.02 Å². The molecular formula is C16H15ClN2O3. The van der Waals surface area contributed by atoms with E-state index in [0.717, 1.165) is 12.0 Å². The van der Waals surface area contributed by atoms with Crippen molar-refractivity contribution in [2.24, 2.45) is 0 Å². The number of nitro benzene ring substituents is 1. The summed E-state index contributed by atoms with van der Waals surface area (Å²) in [6, 6.07) is 13.3. The van der Waals surface area contributed by atoms with Crippen LogP contribution in [0.25, 0.3) is 0 Å². The normalized spacial score (nSPS) is 11.7. The summed E-state index contributed by atoms with van der Waals surface area (Å²) in [5.41, 5.74) is 1.08. The highest BCUT2D eigenvalue weighted by Crippen LogP contribution is 2.24. The first kappa shape index (κ1) is 16.0. The number of hydrogen-bond acceptors (Lipinski definition) is 3. The molecule has 6 heteroatoms. The molecule has 1 amide bonds. The molecule has 0 radical (unpaired) electrons. The first-order chi connectivity index (χ1) is 10.5. The summed E-state index contributed by atoms with van der Waals surface area (Å²) in [6.45, 7) is 1.97. The van der Waals surface area contributed by atoms with E-state index < -0.39 is 4.92 Å². The van der Waals surface area contributed by atoms with Crippen LogP contribution in [0.15, 0.2) is 48.5 Å². The van der Waals surface area contributed by atoms with Gasteiger partial charge in [0, 0.05) is 12.1 Å². The second-order valence-corrected chi connectivity index (χ2v) is 5.17. The van der Waals surface area contributed by atoms with Gasteiger partial charge in [0.15, 0.2) is 0 Å². The molecule has 0 spiro atoms. The van der Waals surface area contributed by atoms with Crippen molar-refractivity contribution >= 4 is 23.2 Å². The van der Waals surface area contributed by atoms with Gasteiger partial charge in [-0.05, 0) is 18.1 Å². The van der Waals surface area contributed by atoms with Crippen molar-refractivity contribution in [1.82, 2.24) is 5.32 Å². The Balaban J connectivity index is 2.19. The zero-order chi connectivity index (χ0) is 16.1. The third-order valence-corrected chi connectivity index (χ3v) is 3.64. The summed E-state index contributed by atoms with van der Waals surface area (Å²) in [4.78, 5) is 22.5. The average Bonchev–Trinajstić information content (AvgIpc) is 2.53. The molecule has 0 aliphatic heterocycles. The van der Waals surface area contributed by atoms with Gasteiger partial charge in [-0.3, -0.25) is 14.9 Å². The molecule has 0 fully saturated rings. The number of hydrogen-bond donors (Lipinski definition) is 1. The molecule has 0 saturated heterocycles. The molecule has 22 heavy (non-hydrogen) atoms. The third-order valence-electron chi connectivity index (χ3n) is 3.32. The Labute approximate surface area is 133 Å². The molecule has 0 aliphatic carbocycles.